The first-order valence-corrected chi connectivity index (χ1v) is 9.29. The van der Waals surface area contributed by atoms with Gasteiger partial charge in [0.2, 0.25) is 5.91 Å². The molecule has 6 heteroatoms. The smallest absolute Gasteiger partial charge is 0.318 e. The third kappa shape index (κ3) is 4.65. The zero-order chi connectivity index (χ0) is 17.6. The molecule has 0 aromatic heterocycles. The van der Waals surface area contributed by atoms with E-state index < -0.39 is 6.04 Å². The Morgan fingerprint density at radius 1 is 1.04 bits per heavy atom. The molecule has 1 aromatic rings. The molecule has 1 aromatic carbocycles. The molecule has 0 unspecified atom stereocenters. The topological polar surface area (TPSA) is 64.7 Å². The van der Waals surface area contributed by atoms with Crippen LogP contribution >= 0.6 is 0 Å². The molecule has 6 nitrogen and oxygen atoms in total. The second-order valence-electron chi connectivity index (χ2n) is 6.97. The van der Waals surface area contributed by atoms with Gasteiger partial charge in [0, 0.05) is 37.9 Å². The van der Waals surface area contributed by atoms with E-state index >= 15 is 0 Å². The van der Waals surface area contributed by atoms with Crippen molar-refractivity contribution in [2.24, 2.45) is 0 Å². The molecule has 0 bridgehead atoms. The standard InChI is InChI=1S/C19H28N4O2/c1-15(18(24)21-16-7-5-6-8-16)20-19(25)23-13-11-22(12-14-23)17-9-3-2-4-10-17/h2-4,9-10,15-16H,5-8,11-14H2,1H3,(H,20,25)(H,21,24)/t15-/m0/s1. The van der Waals surface area contributed by atoms with E-state index in [0.717, 1.165) is 25.9 Å². The van der Waals surface area contributed by atoms with Crippen LogP contribution in [0.25, 0.3) is 0 Å². The average Bonchev–Trinajstić information content (AvgIpc) is 3.15. The highest BCUT2D eigenvalue weighted by molar-refractivity contribution is 5.87. The van der Waals surface area contributed by atoms with Gasteiger partial charge in [-0.25, -0.2) is 4.79 Å². The number of nitrogens with zero attached hydrogens (tertiary/aromatic N) is 2. The number of piperazine rings is 1. The van der Waals surface area contributed by atoms with Gasteiger partial charge in [-0.1, -0.05) is 31.0 Å². The van der Waals surface area contributed by atoms with Gasteiger partial charge in [0.05, 0.1) is 0 Å². The molecular weight excluding hydrogens is 316 g/mol. The van der Waals surface area contributed by atoms with Crippen molar-refractivity contribution >= 4 is 17.6 Å². The number of amides is 3. The van der Waals surface area contributed by atoms with Crippen LogP contribution in [0.1, 0.15) is 32.6 Å². The van der Waals surface area contributed by atoms with Crippen molar-refractivity contribution in [1.29, 1.82) is 0 Å². The lowest BCUT2D eigenvalue weighted by Gasteiger charge is -2.36. The fourth-order valence-electron chi connectivity index (χ4n) is 3.54. The van der Waals surface area contributed by atoms with E-state index in [4.69, 9.17) is 0 Å². The highest BCUT2D eigenvalue weighted by Gasteiger charge is 2.25. The Balaban J connectivity index is 1.43. The monoisotopic (exact) mass is 344 g/mol. The minimum Gasteiger partial charge on any atom is -0.368 e. The zero-order valence-corrected chi connectivity index (χ0v) is 14.9. The molecule has 1 atom stereocenters. The van der Waals surface area contributed by atoms with Crippen molar-refractivity contribution in [2.75, 3.05) is 31.1 Å². The number of para-hydroxylation sites is 1. The van der Waals surface area contributed by atoms with Crippen molar-refractivity contribution < 1.29 is 9.59 Å². The summed E-state index contributed by atoms with van der Waals surface area (Å²) in [7, 11) is 0. The van der Waals surface area contributed by atoms with Crippen LogP contribution in [0.2, 0.25) is 0 Å². The predicted octanol–water partition coefficient (Wildman–Crippen LogP) is 1.97. The Bertz CT molecular complexity index is 578. The summed E-state index contributed by atoms with van der Waals surface area (Å²) in [6.07, 6.45) is 4.45. The Hall–Kier alpha value is -2.24. The molecule has 3 rings (SSSR count). The Morgan fingerprint density at radius 2 is 1.68 bits per heavy atom. The number of carbonyl (C=O) groups excluding carboxylic acids is 2. The average molecular weight is 344 g/mol. The van der Waals surface area contributed by atoms with Crippen LogP contribution in [-0.2, 0) is 4.79 Å². The summed E-state index contributed by atoms with van der Waals surface area (Å²) < 4.78 is 0. The number of hydrogen-bond acceptors (Lipinski definition) is 3. The number of rotatable bonds is 4. The van der Waals surface area contributed by atoms with E-state index in [1.54, 1.807) is 11.8 Å². The van der Waals surface area contributed by atoms with E-state index in [0.29, 0.717) is 13.1 Å². The quantitative estimate of drug-likeness (QED) is 0.878. The molecule has 0 radical (unpaired) electrons. The molecule has 1 aliphatic heterocycles. The second kappa shape index (κ2) is 8.23. The number of nitrogens with one attached hydrogen (secondary N) is 2. The largest absolute Gasteiger partial charge is 0.368 e. The van der Waals surface area contributed by atoms with Gasteiger partial charge in [-0.3, -0.25) is 4.79 Å². The fourth-order valence-corrected chi connectivity index (χ4v) is 3.54. The highest BCUT2D eigenvalue weighted by Crippen LogP contribution is 2.18. The molecule has 2 fully saturated rings. The summed E-state index contributed by atoms with van der Waals surface area (Å²) in [6, 6.07) is 9.86. The Labute approximate surface area is 149 Å². The number of urea groups is 1. The molecule has 25 heavy (non-hydrogen) atoms. The van der Waals surface area contributed by atoms with E-state index in [1.807, 2.05) is 18.2 Å². The normalized spacial score (nSPS) is 19.6. The minimum atomic E-state index is -0.500. The van der Waals surface area contributed by atoms with Crippen molar-refractivity contribution in [3.63, 3.8) is 0 Å². The van der Waals surface area contributed by atoms with Crippen LogP contribution in [0, 0.1) is 0 Å². The maximum atomic E-state index is 12.4. The Morgan fingerprint density at radius 3 is 2.32 bits per heavy atom. The lowest BCUT2D eigenvalue weighted by Crippen LogP contribution is -2.55. The molecule has 2 N–H and O–H groups in total. The number of anilines is 1. The first kappa shape index (κ1) is 17.6. The minimum absolute atomic E-state index is 0.0804. The van der Waals surface area contributed by atoms with E-state index in [2.05, 4.69) is 27.7 Å². The van der Waals surface area contributed by atoms with Gasteiger partial charge in [-0.05, 0) is 31.9 Å². The summed E-state index contributed by atoms with van der Waals surface area (Å²) in [5, 5.41) is 5.87. The first-order valence-electron chi connectivity index (χ1n) is 9.29. The summed E-state index contributed by atoms with van der Waals surface area (Å²) in [6.45, 7) is 4.69. The van der Waals surface area contributed by atoms with Crippen molar-refractivity contribution in [2.45, 2.75) is 44.7 Å². The van der Waals surface area contributed by atoms with Gasteiger partial charge in [0.1, 0.15) is 6.04 Å². The molecule has 3 amide bonds. The van der Waals surface area contributed by atoms with Gasteiger partial charge in [0.15, 0.2) is 0 Å². The lowest BCUT2D eigenvalue weighted by atomic mass is 10.2. The van der Waals surface area contributed by atoms with Gasteiger partial charge in [-0.15, -0.1) is 0 Å². The van der Waals surface area contributed by atoms with Crippen LogP contribution in [0.4, 0.5) is 10.5 Å². The molecule has 1 heterocycles. The third-order valence-corrected chi connectivity index (χ3v) is 5.12. The summed E-state index contributed by atoms with van der Waals surface area (Å²) in [5.41, 5.74) is 1.19. The van der Waals surface area contributed by atoms with Crippen LogP contribution in [0.5, 0.6) is 0 Å². The predicted molar refractivity (Wildman–Crippen MR) is 98.6 cm³/mol. The lowest BCUT2D eigenvalue weighted by molar-refractivity contribution is -0.123. The highest BCUT2D eigenvalue weighted by atomic mass is 16.2. The van der Waals surface area contributed by atoms with Gasteiger partial charge in [-0.2, -0.15) is 0 Å². The first-order chi connectivity index (χ1) is 12.1. The second-order valence-corrected chi connectivity index (χ2v) is 6.97. The maximum absolute atomic E-state index is 12.4. The van der Waals surface area contributed by atoms with Crippen LogP contribution < -0.4 is 15.5 Å². The molecule has 136 valence electrons. The molecule has 0 spiro atoms. The molecule has 2 aliphatic rings. The summed E-state index contributed by atoms with van der Waals surface area (Å²) in [4.78, 5) is 28.7. The molecule has 1 saturated heterocycles. The van der Waals surface area contributed by atoms with Crippen molar-refractivity contribution in [1.82, 2.24) is 15.5 Å². The van der Waals surface area contributed by atoms with Crippen molar-refractivity contribution in [3.8, 4) is 0 Å². The van der Waals surface area contributed by atoms with Crippen molar-refractivity contribution in [3.05, 3.63) is 30.3 Å². The van der Waals surface area contributed by atoms with Gasteiger partial charge < -0.3 is 20.4 Å². The van der Waals surface area contributed by atoms with Crippen LogP contribution in [-0.4, -0.2) is 55.1 Å². The molecule has 1 aliphatic carbocycles. The number of carbonyl (C=O) groups is 2. The van der Waals surface area contributed by atoms with Gasteiger partial charge in [0.25, 0.3) is 0 Å². The van der Waals surface area contributed by atoms with Crippen LogP contribution in [0.3, 0.4) is 0 Å². The number of benzene rings is 1. The van der Waals surface area contributed by atoms with Crippen LogP contribution in [0.15, 0.2) is 30.3 Å². The third-order valence-electron chi connectivity index (χ3n) is 5.12. The van der Waals surface area contributed by atoms with Gasteiger partial charge >= 0.3 is 6.03 Å². The Kier molecular flexibility index (Phi) is 5.79. The SMILES string of the molecule is C[C@H](NC(=O)N1CCN(c2ccccc2)CC1)C(=O)NC1CCCC1. The van der Waals surface area contributed by atoms with E-state index in [9.17, 15) is 9.59 Å². The molecular formula is C19H28N4O2. The van der Waals surface area contributed by atoms with E-state index in [-0.39, 0.29) is 18.0 Å². The number of hydrogen-bond donors (Lipinski definition) is 2. The zero-order valence-electron chi connectivity index (χ0n) is 14.9. The summed E-state index contributed by atoms with van der Waals surface area (Å²) >= 11 is 0. The van der Waals surface area contributed by atoms with E-state index in [1.165, 1.54) is 18.5 Å². The summed E-state index contributed by atoms with van der Waals surface area (Å²) in [5.74, 6) is -0.0804. The fraction of sp³-hybridized carbons (Fsp3) is 0.579. The molecule has 1 saturated carbocycles. The maximum Gasteiger partial charge on any atom is 0.318 e.